The Morgan fingerprint density at radius 3 is 2.57 bits per heavy atom. The second-order valence-electron chi connectivity index (χ2n) is 7.90. The van der Waals surface area contributed by atoms with Crippen molar-refractivity contribution in [3.63, 3.8) is 0 Å². The van der Waals surface area contributed by atoms with Crippen molar-refractivity contribution in [3.05, 3.63) is 58.6 Å². The Balaban J connectivity index is 1.97. The number of halogens is 3. The van der Waals surface area contributed by atoms with Crippen LogP contribution < -0.4 is 4.74 Å². The van der Waals surface area contributed by atoms with E-state index in [4.69, 9.17) is 16.3 Å². The van der Waals surface area contributed by atoms with Gasteiger partial charge in [-0.3, -0.25) is 4.90 Å². The maximum Gasteiger partial charge on any atom is 0.190 e. The van der Waals surface area contributed by atoms with Crippen molar-refractivity contribution in [2.24, 2.45) is 0 Å². The van der Waals surface area contributed by atoms with Gasteiger partial charge in [-0.1, -0.05) is 24.9 Å². The highest BCUT2D eigenvalue weighted by Crippen LogP contribution is 2.53. The molecule has 2 aromatic rings. The fourth-order valence-electron chi connectivity index (χ4n) is 4.83. The summed E-state index contributed by atoms with van der Waals surface area (Å²) >= 11 is 5.96. The predicted molar refractivity (Wildman–Crippen MR) is 112 cm³/mol. The summed E-state index contributed by atoms with van der Waals surface area (Å²) in [6.45, 7) is 3.42. The molecule has 2 aliphatic heterocycles. The van der Waals surface area contributed by atoms with E-state index in [-0.39, 0.29) is 29.2 Å². The summed E-state index contributed by atoms with van der Waals surface area (Å²) in [5, 5.41) is 0.404. The summed E-state index contributed by atoms with van der Waals surface area (Å²) in [6.07, 6.45) is 2.58. The normalized spacial score (nSPS) is 24.1. The van der Waals surface area contributed by atoms with Crippen LogP contribution in [0.25, 0.3) is 0 Å². The standard InChI is InChI=1S/C22H24ClF2NO3S/c1-2-3-12-26-13-4-11-22(30(27,28)16-7-5-15(23)6-8-16)19(26)14-29-21-18(25)10-9-17(24)20(21)22/h5-10,19H,2-4,11-14H2,1H3/t19-,22+/m0/s1. The van der Waals surface area contributed by atoms with Gasteiger partial charge in [0.15, 0.2) is 21.4 Å². The molecular formula is C22H24ClF2NO3S. The third kappa shape index (κ3) is 3.22. The quantitative estimate of drug-likeness (QED) is 0.640. The predicted octanol–water partition coefficient (Wildman–Crippen LogP) is 4.94. The van der Waals surface area contributed by atoms with Gasteiger partial charge in [0.05, 0.1) is 16.5 Å². The fraction of sp³-hybridized carbons (Fsp3) is 0.455. The Bertz CT molecular complexity index is 1050. The second kappa shape index (κ2) is 8.09. The van der Waals surface area contributed by atoms with E-state index >= 15 is 4.39 Å². The Morgan fingerprint density at radius 2 is 1.87 bits per heavy atom. The van der Waals surface area contributed by atoms with Crippen molar-refractivity contribution in [2.45, 2.75) is 48.3 Å². The minimum Gasteiger partial charge on any atom is -0.488 e. The van der Waals surface area contributed by atoms with Crippen molar-refractivity contribution >= 4 is 21.4 Å². The lowest BCUT2D eigenvalue weighted by Crippen LogP contribution is -2.63. The molecule has 4 nitrogen and oxygen atoms in total. The van der Waals surface area contributed by atoms with E-state index in [1.54, 1.807) is 0 Å². The maximum atomic E-state index is 15.2. The van der Waals surface area contributed by atoms with E-state index < -0.39 is 32.3 Å². The molecule has 0 spiro atoms. The van der Waals surface area contributed by atoms with Crippen LogP contribution in [0.2, 0.25) is 5.02 Å². The molecule has 1 saturated heterocycles. The molecule has 2 atom stereocenters. The number of likely N-dealkylation sites (tertiary alicyclic amines) is 1. The zero-order valence-corrected chi connectivity index (χ0v) is 18.3. The fourth-order valence-corrected chi connectivity index (χ4v) is 7.31. The number of hydrogen-bond acceptors (Lipinski definition) is 4. The van der Waals surface area contributed by atoms with Crippen molar-refractivity contribution < 1.29 is 21.9 Å². The van der Waals surface area contributed by atoms with Gasteiger partial charge in [-0.15, -0.1) is 0 Å². The third-order valence-corrected chi connectivity index (χ3v) is 9.03. The van der Waals surface area contributed by atoms with Gasteiger partial charge >= 0.3 is 0 Å². The molecule has 2 heterocycles. The molecule has 0 amide bonds. The number of rotatable bonds is 5. The maximum absolute atomic E-state index is 15.2. The number of hydrogen-bond donors (Lipinski definition) is 0. The van der Waals surface area contributed by atoms with Crippen molar-refractivity contribution in [1.29, 1.82) is 0 Å². The largest absolute Gasteiger partial charge is 0.488 e. The molecule has 8 heteroatoms. The average Bonchev–Trinajstić information content (AvgIpc) is 2.74. The lowest BCUT2D eigenvalue weighted by molar-refractivity contribution is 0.0431. The summed E-state index contributed by atoms with van der Waals surface area (Å²) in [6, 6.07) is 7.22. The average molecular weight is 456 g/mol. The van der Waals surface area contributed by atoms with Crippen LogP contribution >= 0.6 is 11.6 Å². The monoisotopic (exact) mass is 455 g/mol. The molecule has 0 aromatic heterocycles. The highest BCUT2D eigenvalue weighted by Gasteiger charge is 2.60. The molecule has 2 aliphatic rings. The third-order valence-electron chi connectivity index (χ3n) is 6.24. The topological polar surface area (TPSA) is 46.6 Å². The van der Waals surface area contributed by atoms with E-state index in [0.29, 0.717) is 24.5 Å². The van der Waals surface area contributed by atoms with Gasteiger partial charge in [0.2, 0.25) is 0 Å². The minimum absolute atomic E-state index is 0.0100. The second-order valence-corrected chi connectivity index (χ2v) is 10.5. The molecule has 0 N–H and O–H groups in total. The first kappa shape index (κ1) is 21.5. The summed E-state index contributed by atoms with van der Waals surface area (Å²) in [4.78, 5) is 2.11. The molecule has 30 heavy (non-hydrogen) atoms. The highest BCUT2D eigenvalue weighted by atomic mass is 35.5. The van der Waals surface area contributed by atoms with E-state index in [0.717, 1.165) is 25.0 Å². The smallest absolute Gasteiger partial charge is 0.190 e. The van der Waals surface area contributed by atoms with Gasteiger partial charge in [-0.2, -0.15) is 0 Å². The molecule has 0 bridgehead atoms. The number of piperidine rings is 1. The lowest BCUT2D eigenvalue weighted by atomic mass is 9.80. The van der Waals surface area contributed by atoms with Crippen LogP contribution in [0.15, 0.2) is 41.3 Å². The first-order valence-electron chi connectivity index (χ1n) is 10.2. The molecule has 1 fully saturated rings. The van der Waals surface area contributed by atoms with Gasteiger partial charge in [-0.25, -0.2) is 17.2 Å². The van der Waals surface area contributed by atoms with E-state index in [2.05, 4.69) is 11.8 Å². The number of benzene rings is 2. The van der Waals surface area contributed by atoms with Gasteiger partial charge in [0, 0.05) is 5.02 Å². The van der Waals surface area contributed by atoms with Crippen LogP contribution in [0, 0.1) is 11.6 Å². The van der Waals surface area contributed by atoms with Crippen molar-refractivity contribution in [3.8, 4) is 5.75 Å². The summed E-state index contributed by atoms with van der Waals surface area (Å²) in [5.74, 6) is -1.80. The van der Waals surface area contributed by atoms with E-state index in [1.165, 1.54) is 24.3 Å². The Labute approximate surface area is 180 Å². The summed E-state index contributed by atoms with van der Waals surface area (Å²) < 4.78 is 62.0. The molecule has 2 aromatic carbocycles. The Kier molecular flexibility index (Phi) is 5.81. The molecule has 0 unspecified atom stereocenters. The van der Waals surface area contributed by atoms with Gasteiger partial charge in [-0.05, 0) is 68.8 Å². The zero-order chi connectivity index (χ0) is 21.5. The van der Waals surface area contributed by atoms with E-state index in [1.807, 2.05) is 0 Å². The van der Waals surface area contributed by atoms with Gasteiger partial charge in [0.25, 0.3) is 0 Å². The van der Waals surface area contributed by atoms with Crippen molar-refractivity contribution in [2.75, 3.05) is 19.7 Å². The van der Waals surface area contributed by atoms with Crippen LogP contribution in [0.1, 0.15) is 38.2 Å². The molecule has 0 saturated carbocycles. The summed E-state index contributed by atoms with van der Waals surface area (Å²) in [7, 11) is -4.10. The minimum atomic E-state index is -4.10. The van der Waals surface area contributed by atoms with Crippen LogP contribution in [0.3, 0.4) is 0 Å². The molecule has 0 radical (unpaired) electrons. The molecule has 4 rings (SSSR count). The van der Waals surface area contributed by atoms with Gasteiger partial charge < -0.3 is 4.74 Å². The zero-order valence-electron chi connectivity index (χ0n) is 16.7. The van der Waals surface area contributed by atoms with Crippen LogP contribution in [0.5, 0.6) is 5.75 Å². The molecule has 162 valence electrons. The molecule has 0 aliphatic carbocycles. The Morgan fingerprint density at radius 1 is 1.17 bits per heavy atom. The lowest BCUT2D eigenvalue weighted by Gasteiger charge is -2.52. The highest BCUT2D eigenvalue weighted by molar-refractivity contribution is 7.92. The number of sulfone groups is 1. The number of nitrogens with zero attached hydrogens (tertiary/aromatic N) is 1. The number of ether oxygens (including phenoxy) is 1. The van der Waals surface area contributed by atoms with Crippen molar-refractivity contribution in [1.82, 2.24) is 4.90 Å². The number of fused-ring (bicyclic) bond motifs is 3. The van der Waals surface area contributed by atoms with Crippen LogP contribution in [-0.2, 0) is 14.6 Å². The van der Waals surface area contributed by atoms with Gasteiger partial charge in [0.1, 0.15) is 17.2 Å². The summed E-state index contributed by atoms with van der Waals surface area (Å²) in [5.41, 5.74) is -0.185. The van der Waals surface area contributed by atoms with Crippen LogP contribution in [0.4, 0.5) is 8.78 Å². The molecular weight excluding hydrogens is 432 g/mol. The van der Waals surface area contributed by atoms with E-state index in [9.17, 15) is 12.8 Å². The first-order chi connectivity index (χ1) is 14.3. The number of unbranched alkanes of at least 4 members (excludes halogenated alkanes) is 1. The Hall–Kier alpha value is -1.70. The SMILES string of the molecule is CCCCN1CCC[C@]2(S(=O)(=O)c3ccc(Cl)cc3)c3c(F)ccc(F)c3OC[C@H]12. The van der Waals surface area contributed by atoms with Crippen LogP contribution in [-0.4, -0.2) is 39.1 Å². The first-order valence-corrected chi connectivity index (χ1v) is 12.0.